The van der Waals surface area contributed by atoms with Crippen LogP contribution in [0.4, 0.5) is 0 Å². The molecule has 0 saturated carbocycles. The fraction of sp³-hybridized carbons (Fsp3) is 0.800. The topological polar surface area (TPSA) is 123 Å². The van der Waals surface area contributed by atoms with E-state index in [1.165, 1.54) is 6.92 Å². The van der Waals surface area contributed by atoms with Crippen LogP contribution in [0.2, 0.25) is 0 Å². The molecular formula is C10H16O8. The van der Waals surface area contributed by atoms with Crippen LogP contribution in [-0.4, -0.2) is 64.6 Å². The van der Waals surface area contributed by atoms with Crippen molar-refractivity contribution < 1.29 is 39.1 Å². The summed E-state index contributed by atoms with van der Waals surface area (Å²) in [6, 6.07) is 0. The highest BCUT2D eigenvalue weighted by Gasteiger charge is 2.45. The van der Waals surface area contributed by atoms with Crippen molar-refractivity contribution in [3.63, 3.8) is 0 Å². The maximum absolute atomic E-state index is 10.8. The minimum atomic E-state index is -1.57. The molecule has 0 bridgehead atoms. The van der Waals surface area contributed by atoms with Crippen molar-refractivity contribution in [1.82, 2.24) is 0 Å². The first kappa shape index (κ1) is 14.8. The Morgan fingerprint density at radius 1 is 1.06 bits per heavy atom. The van der Waals surface area contributed by atoms with Gasteiger partial charge in [-0.15, -0.1) is 0 Å². The minimum absolute atomic E-state index is 0.321. The van der Waals surface area contributed by atoms with Crippen LogP contribution in [0.15, 0.2) is 0 Å². The monoisotopic (exact) mass is 264 g/mol. The number of aliphatic hydroxyl groups excluding tert-OH is 3. The van der Waals surface area contributed by atoms with Crippen molar-refractivity contribution in [2.75, 3.05) is 6.61 Å². The number of hydrogen-bond donors (Lipinski definition) is 3. The number of hydrogen-bond acceptors (Lipinski definition) is 8. The van der Waals surface area contributed by atoms with Gasteiger partial charge in [0.15, 0.2) is 0 Å². The third-order valence-electron chi connectivity index (χ3n) is 2.40. The van der Waals surface area contributed by atoms with Gasteiger partial charge in [-0.1, -0.05) is 0 Å². The lowest BCUT2D eigenvalue weighted by atomic mass is 9.99. The average molecular weight is 264 g/mol. The predicted octanol–water partition coefficient (Wildman–Crippen LogP) is -2.08. The Labute approximate surface area is 103 Å². The third kappa shape index (κ3) is 3.64. The normalized spacial score (nSPS) is 35.9. The van der Waals surface area contributed by atoms with Crippen molar-refractivity contribution in [3.05, 3.63) is 0 Å². The molecule has 8 heteroatoms. The van der Waals surface area contributed by atoms with Gasteiger partial charge >= 0.3 is 11.9 Å². The van der Waals surface area contributed by atoms with Gasteiger partial charge in [-0.3, -0.25) is 9.59 Å². The molecule has 18 heavy (non-hydrogen) atoms. The van der Waals surface area contributed by atoms with Gasteiger partial charge in [-0.05, 0) is 0 Å². The van der Waals surface area contributed by atoms with Gasteiger partial charge in [0.2, 0.25) is 6.29 Å². The van der Waals surface area contributed by atoms with Crippen LogP contribution in [0.25, 0.3) is 0 Å². The molecule has 8 nitrogen and oxygen atoms in total. The summed E-state index contributed by atoms with van der Waals surface area (Å²) in [5.74, 6) is -1.30. The quantitative estimate of drug-likeness (QED) is 0.496. The third-order valence-corrected chi connectivity index (χ3v) is 2.40. The van der Waals surface area contributed by atoms with E-state index in [1.54, 1.807) is 0 Å². The summed E-state index contributed by atoms with van der Waals surface area (Å²) in [6.07, 6.45) is -7.09. The van der Waals surface area contributed by atoms with Gasteiger partial charge in [0.05, 0.1) is 0 Å². The second-order valence-electron chi connectivity index (χ2n) is 3.93. The van der Waals surface area contributed by atoms with Crippen molar-refractivity contribution in [2.24, 2.45) is 0 Å². The fourth-order valence-electron chi connectivity index (χ4n) is 1.51. The molecule has 0 aliphatic carbocycles. The van der Waals surface area contributed by atoms with Crippen LogP contribution < -0.4 is 0 Å². The van der Waals surface area contributed by atoms with Crippen LogP contribution in [0.3, 0.4) is 0 Å². The Hall–Kier alpha value is -1.22. The number of carbonyl (C=O) groups is 2. The van der Waals surface area contributed by atoms with Crippen LogP contribution >= 0.6 is 0 Å². The average Bonchev–Trinajstić information content (AvgIpc) is 2.27. The SMILES string of the molecule is CC(=O)OC[C@H]1O[C@H](OC(C)=O)[C@@H](O)[C@@H](O)[C@@H]1O. The smallest absolute Gasteiger partial charge is 0.305 e. The molecule has 104 valence electrons. The summed E-state index contributed by atoms with van der Waals surface area (Å²) in [5.41, 5.74) is 0. The first-order valence-corrected chi connectivity index (χ1v) is 5.33. The van der Waals surface area contributed by atoms with Gasteiger partial charge in [0, 0.05) is 13.8 Å². The van der Waals surface area contributed by atoms with Crippen LogP contribution in [0, 0.1) is 0 Å². The fourth-order valence-corrected chi connectivity index (χ4v) is 1.51. The summed E-state index contributed by atoms with van der Waals surface area (Å²) in [7, 11) is 0. The molecule has 1 aliphatic heterocycles. The summed E-state index contributed by atoms with van der Waals surface area (Å²) < 4.78 is 14.3. The Morgan fingerprint density at radius 2 is 1.67 bits per heavy atom. The van der Waals surface area contributed by atoms with E-state index < -0.39 is 42.6 Å². The molecule has 1 aliphatic rings. The van der Waals surface area contributed by atoms with Gasteiger partial charge in [-0.25, -0.2) is 0 Å². The summed E-state index contributed by atoms with van der Waals surface area (Å²) in [6.45, 7) is 1.96. The predicted molar refractivity (Wildman–Crippen MR) is 55.1 cm³/mol. The highest BCUT2D eigenvalue weighted by atomic mass is 16.7. The molecule has 0 radical (unpaired) electrons. The molecule has 1 heterocycles. The van der Waals surface area contributed by atoms with Crippen molar-refractivity contribution in [1.29, 1.82) is 0 Å². The Morgan fingerprint density at radius 3 is 2.17 bits per heavy atom. The molecule has 1 fully saturated rings. The van der Waals surface area contributed by atoms with E-state index in [-0.39, 0.29) is 6.61 Å². The molecule has 1 saturated heterocycles. The maximum atomic E-state index is 10.8. The number of carbonyl (C=O) groups excluding carboxylic acids is 2. The van der Waals surface area contributed by atoms with E-state index in [2.05, 4.69) is 9.47 Å². The highest BCUT2D eigenvalue weighted by molar-refractivity contribution is 5.66. The second kappa shape index (κ2) is 6.10. The number of rotatable bonds is 3. The lowest BCUT2D eigenvalue weighted by Gasteiger charge is -2.39. The Balaban J connectivity index is 2.67. The second-order valence-corrected chi connectivity index (χ2v) is 3.93. The van der Waals surface area contributed by atoms with E-state index in [0.717, 1.165) is 6.92 Å². The van der Waals surface area contributed by atoms with E-state index in [0.29, 0.717) is 0 Å². The molecule has 0 aromatic heterocycles. The van der Waals surface area contributed by atoms with Crippen molar-refractivity contribution in [2.45, 2.75) is 44.6 Å². The minimum Gasteiger partial charge on any atom is -0.463 e. The molecule has 0 unspecified atom stereocenters. The molecule has 5 atom stereocenters. The van der Waals surface area contributed by atoms with Crippen LogP contribution in [0.1, 0.15) is 13.8 Å². The van der Waals surface area contributed by atoms with Gasteiger partial charge in [-0.2, -0.15) is 0 Å². The van der Waals surface area contributed by atoms with Gasteiger partial charge in [0.25, 0.3) is 0 Å². The summed E-state index contributed by atoms with van der Waals surface area (Å²) in [4.78, 5) is 21.4. The molecule has 3 N–H and O–H groups in total. The molecule has 0 aromatic carbocycles. The lowest BCUT2D eigenvalue weighted by molar-refractivity contribution is -0.292. The largest absolute Gasteiger partial charge is 0.463 e. The zero-order chi connectivity index (χ0) is 13.9. The zero-order valence-corrected chi connectivity index (χ0v) is 9.98. The van der Waals surface area contributed by atoms with E-state index in [4.69, 9.17) is 4.74 Å². The van der Waals surface area contributed by atoms with Gasteiger partial charge < -0.3 is 29.5 Å². The van der Waals surface area contributed by atoms with Crippen LogP contribution in [-0.2, 0) is 23.8 Å². The highest BCUT2D eigenvalue weighted by Crippen LogP contribution is 2.22. The lowest BCUT2D eigenvalue weighted by Crippen LogP contribution is -2.59. The number of esters is 2. The molecule has 0 spiro atoms. The van der Waals surface area contributed by atoms with Crippen molar-refractivity contribution in [3.8, 4) is 0 Å². The number of ether oxygens (including phenoxy) is 3. The molecule has 0 aromatic rings. The van der Waals surface area contributed by atoms with Crippen LogP contribution in [0.5, 0.6) is 0 Å². The first-order chi connectivity index (χ1) is 8.32. The summed E-state index contributed by atoms with van der Waals surface area (Å²) in [5, 5.41) is 28.7. The van der Waals surface area contributed by atoms with E-state index >= 15 is 0 Å². The summed E-state index contributed by atoms with van der Waals surface area (Å²) >= 11 is 0. The Kier molecular flexibility index (Phi) is 5.03. The van der Waals surface area contributed by atoms with E-state index in [9.17, 15) is 24.9 Å². The zero-order valence-electron chi connectivity index (χ0n) is 9.98. The van der Waals surface area contributed by atoms with Gasteiger partial charge in [0.1, 0.15) is 31.0 Å². The first-order valence-electron chi connectivity index (χ1n) is 5.33. The van der Waals surface area contributed by atoms with E-state index in [1.807, 2.05) is 0 Å². The standard InChI is InChI=1S/C10H16O8/c1-4(11)16-3-6-7(13)8(14)9(15)10(18-6)17-5(2)12/h6-10,13-15H,3H2,1-2H3/t6-,7-,8+,9+,10+/m1/s1. The van der Waals surface area contributed by atoms with Crippen molar-refractivity contribution >= 4 is 11.9 Å². The molecule has 0 amide bonds. The maximum Gasteiger partial charge on any atom is 0.305 e. The molecule has 1 rings (SSSR count). The molecular weight excluding hydrogens is 248 g/mol. The Bertz CT molecular complexity index is 315. The number of aliphatic hydroxyl groups is 3.